The molecule has 1 saturated heterocycles. The van der Waals surface area contributed by atoms with Crippen molar-refractivity contribution in [1.82, 2.24) is 5.32 Å². The first-order valence-electron chi connectivity index (χ1n) is 17.0. The number of nitrogens with one attached hydrogen (secondary N) is 1. The van der Waals surface area contributed by atoms with E-state index in [1.54, 1.807) is 0 Å². The predicted molar refractivity (Wildman–Crippen MR) is 164 cm³/mol. The van der Waals surface area contributed by atoms with Crippen LogP contribution in [0, 0.1) is 0 Å². The van der Waals surface area contributed by atoms with E-state index in [4.69, 9.17) is 9.47 Å². The Labute approximate surface area is 259 Å². The number of aliphatic hydroxyl groups excluding tert-OH is 7. The molecule has 8 atom stereocenters. The van der Waals surface area contributed by atoms with Gasteiger partial charge in [-0.25, -0.2) is 0 Å². The van der Waals surface area contributed by atoms with E-state index in [1.807, 2.05) is 0 Å². The van der Waals surface area contributed by atoms with E-state index in [-0.39, 0.29) is 6.42 Å². The van der Waals surface area contributed by atoms with Gasteiger partial charge in [0.25, 0.3) is 5.91 Å². The van der Waals surface area contributed by atoms with E-state index in [2.05, 4.69) is 12.2 Å². The van der Waals surface area contributed by atoms with Gasteiger partial charge in [-0.05, 0) is 12.8 Å². The molecule has 0 aromatic heterocycles. The Bertz CT molecular complexity index is 670. The summed E-state index contributed by atoms with van der Waals surface area (Å²) in [4.78, 5) is 12.4. The first kappa shape index (κ1) is 40.1. The minimum absolute atomic E-state index is 0.209. The number of hydrogen-bond acceptors (Lipinski definition) is 10. The number of carbonyl (C=O) groups excluding carboxylic acids is 1. The average molecular weight is 622 g/mol. The molecular weight excluding hydrogens is 558 g/mol. The SMILES string of the molecule is CCCCCCCCCCCCCCCCCCCCNC(=O)C(O)C(O)C(CCO)OC1OC(CO)C(O)C(O)C1O. The molecule has 43 heavy (non-hydrogen) atoms. The molecule has 0 aliphatic carbocycles. The van der Waals surface area contributed by atoms with E-state index in [0.717, 1.165) is 25.7 Å². The topological polar surface area (TPSA) is 189 Å². The first-order valence-corrected chi connectivity index (χ1v) is 17.0. The summed E-state index contributed by atoms with van der Waals surface area (Å²) in [7, 11) is 0. The zero-order valence-electron chi connectivity index (χ0n) is 26.5. The molecule has 1 heterocycles. The molecule has 8 N–H and O–H groups in total. The van der Waals surface area contributed by atoms with Gasteiger partial charge < -0.3 is 50.5 Å². The molecule has 0 radical (unpaired) electrons. The van der Waals surface area contributed by atoms with Crippen LogP contribution in [0.15, 0.2) is 0 Å². The van der Waals surface area contributed by atoms with Gasteiger partial charge in [-0.1, -0.05) is 116 Å². The lowest BCUT2D eigenvalue weighted by atomic mass is 9.98. The molecule has 0 bridgehead atoms. The van der Waals surface area contributed by atoms with Crippen molar-refractivity contribution in [3.8, 4) is 0 Å². The van der Waals surface area contributed by atoms with Crippen LogP contribution < -0.4 is 5.32 Å². The maximum Gasteiger partial charge on any atom is 0.251 e. The molecule has 0 spiro atoms. The third kappa shape index (κ3) is 16.8. The van der Waals surface area contributed by atoms with Crippen LogP contribution in [0.4, 0.5) is 0 Å². The van der Waals surface area contributed by atoms with Gasteiger partial charge in [-0.3, -0.25) is 4.79 Å². The number of amides is 1. The normalized spacial score (nSPS) is 24.5. The van der Waals surface area contributed by atoms with Gasteiger partial charge >= 0.3 is 0 Å². The van der Waals surface area contributed by atoms with Crippen LogP contribution in [0.1, 0.15) is 129 Å². The summed E-state index contributed by atoms with van der Waals surface area (Å²) in [5.41, 5.74) is 0. The molecular formula is C32H63NO10. The Morgan fingerprint density at radius 3 is 1.63 bits per heavy atom. The lowest BCUT2D eigenvalue weighted by Gasteiger charge is -2.41. The van der Waals surface area contributed by atoms with Gasteiger partial charge in [-0.15, -0.1) is 0 Å². The fourth-order valence-corrected chi connectivity index (χ4v) is 5.50. The van der Waals surface area contributed by atoms with Crippen LogP contribution in [-0.2, 0) is 14.3 Å². The fourth-order valence-electron chi connectivity index (χ4n) is 5.50. The van der Waals surface area contributed by atoms with Gasteiger partial charge in [0.05, 0.1) is 12.7 Å². The Morgan fingerprint density at radius 1 is 0.721 bits per heavy atom. The molecule has 1 amide bonds. The Kier molecular flexibility index (Phi) is 23.6. The Morgan fingerprint density at radius 2 is 1.19 bits per heavy atom. The first-order chi connectivity index (χ1) is 20.8. The third-order valence-corrected chi connectivity index (χ3v) is 8.37. The highest BCUT2D eigenvalue weighted by atomic mass is 16.7. The van der Waals surface area contributed by atoms with E-state index in [1.165, 1.54) is 89.9 Å². The summed E-state index contributed by atoms with van der Waals surface area (Å²) >= 11 is 0. The smallest absolute Gasteiger partial charge is 0.251 e. The summed E-state index contributed by atoms with van der Waals surface area (Å²) < 4.78 is 10.7. The quantitative estimate of drug-likeness (QED) is 0.0633. The Hall–Kier alpha value is -0.890. The molecule has 11 nitrogen and oxygen atoms in total. The molecule has 1 aliphatic heterocycles. The van der Waals surface area contributed by atoms with Crippen LogP contribution in [-0.4, -0.2) is 110 Å². The standard InChI is InChI=1S/C32H63NO10/c1-2-3-4-5-6-7-8-9-10-11-12-13-14-15-16-17-18-19-21-33-31(41)29(39)26(36)24(20-22-34)42-32-30(40)28(38)27(37)25(23-35)43-32/h24-30,32,34-40H,2-23H2,1H3,(H,33,41). The van der Waals surface area contributed by atoms with E-state index >= 15 is 0 Å². The van der Waals surface area contributed by atoms with Crippen molar-refractivity contribution in [2.75, 3.05) is 19.8 Å². The summed E-state index contributed by atoms with van der Waals surface area (Å²) in [6, 6.07) is 0. The molecule has 1 fully saturated rings. The lowest BCUT2D eigenvalue weighted by Crippen LogP contribution is -2.60. The monoisotopic (exact) mass is 621 g/mol. The van der Waals surface area contributed by atoms with Crippen LogP contribution >= 0.6 is 0 Å². The highest BCUT2D eigenvalue weighted by molar-refractivity contribution is 5.81. The van der Waals surface area contributed by atoms with Crippen molar-refractivity contribution in [2.45, 2.75) is 178 Å². The maximum atomic E-state index is 12.4. The average Bonchev–Trinajstić information content (AvgIpc) is 3.01. The highest BCUT2D eigenvalue weighted by Gasteiger charge is 2.46. The van der Waals surface area contributed by atoms with Crippen molar-refractivity contribution >= 4 is 5.91 Å². The fraction of sp³-hybridized carbons (Fsp3) is 0.969. The number of carbonyl (C=O) groups is 1. The molecule has 0 saturated carbocycles. The molecule has 11 heteroatoms. The zero-order chi connectivity index (χ0) is 31.9. The minimum Gasteiger partial charge on any atom is -0.396 e. The number of rotatable bonds is 27. The van der Waals surface area contributed by atoms with Gasteiger partial charge in [0, 0.05) is 13.2 Å². The lowest BCUT2D eigenvalue weighted by molar-refractivity contribution is -0.319. The molecule has 0 aromatic carbocycles. The van der Waals surface area contributed by atoms with Crippen LogP contribution in [0.5, 0.6) is 0 Å². The summed E-state index contributed by atoms with van der Waals surface area (Å²) in [5, 5.41) is 72.2. The van der Waals surface area contributed by atoms with E-state index in [0.29, 0.717) is 6.54 Å². The van der Waals surface area contributed by atoms with Crippen LogP contribution in [0.25, 0.3) is 0 Å². The maximum absolute atomic E-state index is 12.4. The number of hydrogen-bond donors (Lipinski definition) is 8. The van der Waals surface area contributed by atoms with Crippen molar-refractivity contribution < 1.29 is 50.0 Å². The van der Waals surface area contributed by atoms with Gasteiger partial charge in [0.1, 0.15) is 30.5 Å². The number of ether oxygens (including phenoxy) is 2. The van der Waals surface area contributed by atoms with Crippen molar-refractivity contribution in [1.29, 1.82) is 0 Å². The molecule has 1 rings (SSSR count). The van der Waals surface area contributed by atoms with Crippen molar-refractivity contribution in [2.24, 2.45) is 0 Å². The van der Waals surface area contributed by atoms with Crippen molar-refractivity contribution in [3.05, 3.63) is 0 Å². The second-order valence-corrected chi connectivity index (χ2v) is 12.1. The molecule has 0 aromatic rings. The zero-order valence-corrected chi connectivity index (χ0v) is 26.5. The van der Waals surface area contributed by atoms with Crippen LogP contribution in [0.3, 0.4) is 0 Å². The summed E-state index contributed by atoms with van der Waals surface area (Å²) in [5.74, 6) is -0.792. The second kappa shape index (κ2) is 25.3. The number of unbranched alkanes of at least 4 members (excludes halogenated alkanes) is 17. The Balaban J connectivity index is 2.13. The van der Waals surface area contributed by atoms with E-state index < -0.39 is 68.1 Å². The minimum atomic E-state index is -1.86. The van der Waals surface area contributed by atoms with Gasteiger partial charge in [0.2, 0.25) is 0 Å². The second-order valence-electron chi connectivity index (χ2n) is 12.1. The summed E-state index contributed by atoms with van der Waals surface area (Å²) in [6.45, 7) is 1.47. The predicted octanol–water partition coefficient (Wildman–Crippen LogP) is 2.43. The molecule has 256 valence electrons. The van der Waals surface area contributed by atoms with E-state index in [9.17, 15) is 40.5 Å². The van der Waals surface area contributed by atoms with Crippen LogP contribution in [0.2, 0.25) is 0 Å². The highest BCUT2D eigenvalue weighted by Crippen LogP contribution is 2.25. The summed E-state index contributed by atoms with van der Waals surface area (Å²) in [6.07, 6.45) is 9.80. The van der Waals surface area contributed by atoms with Gasteiger partial charge in [0.15, 0.2) is 12.4 Å². The molecule has 1 aliphatic rings. The largest absolute Gasteiger partial charge is 0.396 e. The third-order valence-electron chi connectivity index (χ3n) is 8.37. The number of aliphatic hydroxyl groups is 7. The molecule has 8 unspecified atom stereocenters. The van der Waals surface area contributed by atoms with Crippen molar-refractivity contribution in [3.63, 3.8) is 0 Å². The van der Waals surface area contributed by atoms with Gasteiger partial charge in [-0.2, -0.15) is 0 Å².